The molecule has 0 aliphatic carbocycles. The molecule has 0 aromatic rings. The standard InChI is InChI=1S/C7H15N3O2/c8-6-1-2-10(5-6)3-4-12-7(9)11/h6H,1-5,8H2,(H2,9,11). The van der Waals surface area contributed by atoms with E-state index in [1.807, 2.05) is 0 Å². The summed E-state index contributed by atoms with van der Waals surface area (Å²) < 4.78 is 4.60. The summed E-state index contributed by atoms with van der Waals surface area (Å²) >= 11 is 0. The summed E-state index contributed by atoms with van der Waals surface area (Å²) in [7, 11) is 0. The quantitative estimate of drug-likeness (QED) is 0.580. The molecule has 0 radical (unpaired) electrons. The molecule has 1 amide bonds. The molecule has 1 unspecified atom stereocenters. The van der Waals surface area contributed by atoms with Crippen molar-refractivity contribution < 1.29 is 9.53 Å². The first kappa shape index (κ1) is 9.28. The molecule has 1 heterocycles. The number of carbonyl (C=O) groups is 1. The maximum atomic E-state index is 10.2. The molecular formula is C7H15N3O2. The van der Waals surface area contributed by atoms with E-state index >= 15 is 0 Å². The second-order valence-corrected chi connectivity index (χ2v) is 3.02. The molecule has 0 aromatic heterocycles. The number of hydrogen-bond donors (Lipinski definition) is 2. The highest BCUT2D eigenvalue weighted by molar-refractivity contribution is 5.64. The molecule has 12 heavy (non-hydrogen) atoms. The van der Waals surface area contributed by atoms with Crippen LogP contribution in [0.25, 0.3) is 0 Å². The lowest BCUT2D eigenvalue weighted by molar-refractivity contribution is 0.141. The number of carbonyl (C=O) groups excluding carboxylic acids is 1. The Morgan fingerprint density at radius 2 is 2.42 bits per heavy atom. The van der Waals surface area contributed by atoms with Crippen LogP contribution in [-0.2, 0) is 4.74 Å². The van der Waals surface area contributed by atoms with Gasteiger partial charge in [-0.2, -0.15) is 0 Å². The summed E-state index contributed by atoms with van der Waals surface area (Å²) in [5.74, 6) is 0. The first-order valence-electron chi connectivity index (χ1n) is 4.08. The predicted molar refractivity (Wildman–Crippen MR) is 44.6 cm³/mol. The number of primary amides is 1. The molecule has 0 aromatic carbocycles. The Hall–Kier alpha value is -0.810. The van der Waals surface area contributed by atoms with Crippen molar-refractivity contribution in [2.24, 2.45) is 11.5 Å². The zero-order chi connectivity index (χ0) is 8.97. The van der Waals surface area contributed by atoms with Gasteiger partial charge in [0.05, 0.1) is 0 Å². The molecule has 4 N–H and O–H groups in total. The molecule has 1 fully saturated rings. The minimum absolute atomic E-state index is 0.276. The average molecular weight is 173 g/mol. The van der Waals surface area contributed by atoms with Gasteiger partial charge in [0, 0.05) is 19.1 Å². The third-order valence-electron chi connectivity index (χ3n) is 1.96. The van der Waals surface area contributed by atoms with Crippen molar-refractivity contribution in [2.75, 3.05) is 26.2 Å². The average Bonchev–Trinajstić information content (AvgIpc) is 2.35. The normalized spacial score (nSPS) is 24.2. The maximum Gasteiger partial charge on any atom is 0.404 e. The molecule has 1 aliphatic rings. The highest BCUT2D eigenvalue weighted by Gasteiger charge is 2.18. The second kappa shape index (κ2) is 4.27. The van der Waals surface area contributed by atoms with Crippen molar-refractivity contribution in [3.05, 3.63) is 0 Å². The summed E-state index contributed by atoms with van der Waals surface area (Å²) in [5, 5.41) is 0. The van der Waals surface area contributed by atoms with Gasteiger partial charge in [0.1, 0.15) is 6.61 Å². The third kappa shape index (κ3) is 3.06. The summed E-state index contributed by atoms with van der Waals surface area (Å²) in [4.78, 5) is 12.4. The van der Waals surface area contributed by atoms with Gasteiger partial charge in [0.25, 0.3) is 0 Å². The number of nitrogens with two attached hydrogens (primary N) is 2. The van der Waals surface area contributed by atoms with Crippen LogP contribution in [0.3, 0.4) is 0 Å². The number of ether oxygens (including phenoxy) is 1. The smallest absolute Gasteiger partial charge is 0.404 e. The lowest BCUT2D eigenvalue weighted by Crippen LogP contribution is -2.30. The summed E-state index contributed by atoms with van der Waals surface area (Å²) in [6.45, 7) is 2.98. The topological polar surface area (TPSA) is 81.6 Å². The minimum atomic E-state index is -0.710. The molecule has 0 bridgehead atoms. The molecule has 1 atom stereocenters. The Balaban J connectivity index is 2.04. The van der Waals surface area contributed by atoms with E-state index in [-0.39, 0.29) is 6.04 Å². The maximum absolute atomic E-state index is 10.2. The fraction of sp³-hybridized carbons (Fsp3) is 0.857. The van der Waals surface area contributed by atoms with Gasteiger partial charge < -0.3 is 16.2 Å². The van der Waals surface area contributed by atoms with E-state index in [9.17, 15) is 4.79 Å². The van der Waals surface area contributed by atoms with Crippen LogP contribution in [0.4, 0.5) is 4.79 Å². The van der Waals surface area contributed by atoms with E-state index in [1.54, 1.807) is 0 Å². The van der Waals surface area contributed by atoms with Gasteiger partial charge in [0.15, 0.2) is 0 Å². The number of hydrogen-bond acceptors (Lipinski definition) is 4. The van der Waals surface area contributed by atoms with Crippen LogP contribution in [0, 0.1) is 0 Å². The van der Waals surface area contributed by atoms with Gasteiger partial charge in [-0.25, -0.2) is 4.79 Å². The fourth-order valence-corrected chi connectivity index (χ4v) is 1.34. The van der Waals surface area contributed by atoms with Crippen LogP contribution in [0.5, 0.6) is 0 Å². The predicted octanol–water partition coefficient (Wildman–Crippen LogP) is -0.885. The van der Waals surface area contributed by atoms with E-state index in [0.29, 0.717) is 6.61 Å². The van der Waals surface area contributed by atoms with Gasteiger partial charge in [-0.05, 0) is 13.0 Å². The van der Waals surface area contributed by atoms with Crippen LogP contribution >= 0.6 is 0 Å². The monoisotopic (exact) mass is 173 g/mol. The molecule has 1 rings (SSSR count). The third-order valence-corrected chi connectivity index (χ3v) is 1.96. The van der Waals surface area contributed by atoms with Gasteiger partial charge >= 0.3 is 6.09 Å². The molecule has 5 heteroatoms. The van der Waals surface area contributed by atoms with Gasteiger partial charge in [-0.15, -0.1) is 0 Å². The van der Waals surface area contributed by atoms with Crippen molar-refractivity contribution in [1.82, 2.24) is 4.90 Å². The number of nitrogens with zero attached hydrogens (tertiary/aromatic N) is 1. The van der Waals surface area contributed by atoms with E-state index in [0.717, 1.165) is 26.1 Å². The molecule has 0 saturated carbocycles. The van der Waals surface area contributed by atoms with Crippen LogP contribution in [0.2, 0.25) is 0 Å². The molecular weight excluding hydrogens is 158 g/mol. The van der Waals surface area contributed by atoms with Crippen LogP contribution in [0.15, 0.2) is 0 Å². The van der Waals surface area contributed by atoms with Crippen molar-refractivity contribution in [1.29, 1.82) is 0 Å². The fourth-order valence-electron chi connectivity index (χ4n) is 1.34. The molecule has 0 spiro atoms. The highest BCUT2D eigenvalue weighted by atomic mass is 16.5. The SMILES string of the molecule is NC(=O)OCCN1CCC(N)C1. The Bertz CT molecular complexity index is 163. The van der Waals surface area contributed by atoms with E-state index in [2.05, 4.69) is 9.64 Å². The van der Waals surface area contributed by atoms with Gasteiger partial charge in [-0.1, -0.05) is 0 Å². The molecule has 70 valence electrons. The summed E-state index contributed by atoms with van der Waals surface area (Å²) in [6.07, 6.45) is 0.315. The first-order valence-corrected chi connectivity index (χ1v) is 4.08. The number of rotatable bonds is 3. The summed E-state index contributed by atoms with van der Waals surface area (Å²) in [6, 6.07) is 0.276. The Morgan fingerprint density at radius 3 is 2.92 bits per heavy atom. The largest absolute Gasteiger partial charge is 0.448 e. The zero-order valence-corrected chi connectivity index (χ0v) is 7.03. The van der Waals surface area contributed by atoms with E-state index in [1.165, 1.54) is 0 Å². The van der Waals surface area contributed by atoms with Crippen molar-refractivity contribution >= 4 is 6.09 Å². The lowest BCUT2D eigenvalue weighted by Gasteiger charge is -2.13. The molecule has 1 saturated heterocycles. The Kier molecular flexibility index (Phi) is 3.31. The highest BCUT2D eigenvalue weighted by Crippen LogP contribution is 2.05. The minimum Gasteiger partial charge on any atom is -0.448 e. The molecule has 1 aliphatic heterocycles. The van der Waals surface area contributed by atoms with Crippen LogP contribution in [0.1, 0.15) is 6.42 Å². The first-order chi connectivity index (χ1) is 5.68. The molecule has 5 nitrogen and oxygen atoms in total. The Morgan fingerprint density at radius 1 is 1.67 bits per heavy atom. The van der Waals surface area contributed by atoms with E-state index in [4.69, 9.17) is 11.5 Å². The van der Waals surface area contributed by atoms with Crippen LogP contribution < -0.4 is 11.5 Å². The summed E-state index contributed by atoms with van der Waals surface area (Å²) in [5.41, 5.74) is 10.5. The lowest BCUT2D eigenvalue weighted by atomic mass is 10.3. The van der Waals surface area contributed by atoms with Crippen molar-refractivity contribution in [2.45, 2.75) is 12.5 Å². The van der Waals surface area contributed by atoms with Crippen molar-refractivity contribution in [3.63, 3.8) is 0 Å². The second-order valence-electron chi connectivity index (χ2n) is 3.02. The van der Waals surface area contributed by atoms with Gasteiger partial charge in [-0.3, -0.25) is 4.90 Å². The zero-order valence-electron chi connectivity index (χ0n) is 7.03. The Labute approximate surface area is 71.6 Å². The van der Waals surface area contributed by atoms with Crippen molar-refractivity contribution in [3.8, 4) is 0 Å². The number of amides is 1. The van der Waals surface area contributed by atoms with Gasteiger partial charge in [0.2, 0.25) is 0 Å². The van der Waals surface area contributed by atoms with Crippen LogP contribution in [-0.4, -0.2) is 43.3 Å². The van der Waals surface area contributed by atoms with E-state index < -0.39 is 6.09 Å². The number of likely N-dealkylation sites (tertiary alicyclic amines) is 1.